The zero-order valence-corrected chi connectivity index (χ0v) is 27.2. The highest BCUT2D eigenvalue weighted by Crippen LogP contribution is 2.45. The molecule has 1 amide bonds. The molecule has 6 rings (SSSR count). The molecule has 12 heteroatoms. The van der Waals surface area contributed by atoms with Crippen molar-refractivity contribution in [1.82, 2.24) is 19.6 Å². The number of aryl methyl sites for hydroxylation is 2. The number of anilines is 1. The van der Waals surface area contributed by atoms with E-state index in [-0.39, 0.29) is 22.2 Å². The minimum atomic E-state index is -0.980. The zero-order valence-electron chi connectivity index (χ0n) is 24.9. The van der Waals surface area contributed by atoms with Crippen LogP contribution >= 0.6 is 34.7 Å². The molecule has 0 bridgehead atoms. The number of aromatic nitrogens is 4. The third-order valence-corrected chi connectivity index (χ3v) is 9.95. The Kier molecular flexibility index (Phi) is 8.93. The number of unbranched alkanes of at least 4 members (excludes halogenated alkanes) is 1. The number of benzene rings is 2. The number of hydrogen-bond acceptors (Lipinski definition) is 9. The van der Waals surface area contributed by atoms with E-state index in [1.807, 2.05) is 73.0 Å². The van der Waals surface area contributed by atoms with Gasteiger partial charge in [0.1, 0.15) is 17.1 Å². The summed E-state index contributed by atoms with van der Waals surface area (Å²) in [7, 11) is 0. The highest BCUT2D eigenvalue weighted by Gasteiger charge is 2.49. The van der Waals surface area contributed by atoms with Crippen LogP contribution in [0.1, 0.15) is 53.9 Å². The number of pyridine rings is 1. The number of hydrogen-bond donors (Lipinski definition) is 1. The summed E-state index contributed by atoms with van der Waals surface area (Å²) in [6.45, 7) is 6.36. The molecule has 1 unspecified atom stereocenters. The Morgan fingerprint density at radius 2 is 1.89 bits per heavy atom. The van der Waals surface area contributed by atoms with Crippen LogP contribution in [-0.2, 0) is 15.3 Å². The number of carbonyl (C=O) groups excluding carboxylic acids is 2. The number of aliphatic hydroxyl groups excluding tert-OH is 1. The molecule has 1 aliphatic heterocycles. The Labute approximate surface area is 273 Å². The fourth-order valence-corrected chi connectivity index (χ4v) is 7.16. The second-order valence-corrected chi connectivity index (χ2v) is 13.3. The number of ketones is 1. The molecule has 0 aliphatic carbocycles. The van der Waals surface area contributed by atoms with E-state index >= 15 is 0 Å². The first-order chi connectivity index (χ1) is 21.8. The quantitative estimate of drug-likeness (QED) is 0.0409. The molecule has 0 spiro atoms. The number of thioether (sulfide) groups is 1. The van der Waals surface area contributed by atoms with Crippen LogP contribution < -0.4 is 9.64 Å². The summed E-state index contributed by atoms with van der Waals surface area (Å²) in [5.41, 5.74) is 4.02. The molecule has 0 radical (unpaired) electrons. The molecule has 1 N–H and O–H groups in total. The Hall–Kier alpha value is -4.19. The fraction of sp³-hybridized carbons (Fsp3) is 0.242. The standard InChI is InChI=1S/C33H30ClN5O4S2/c1-4-5-16-43-24-10-6-9-22(17-24)27-25(28(40)26-20(3)38-15-7-8-19(2)30(38)35-26)29(41)31(42)39(27)32-36-37-33(45-32)44-18-21-11-13-23(34)14-12-21/h6-15,17,27,40H,4-5,16,18H2,1-3H3. The van der Waals surface area contributed by atoms with Crippen molar-refractivity contribution in [1.29, 1.82) is 0 Å². The zero-order chi connectivity index (χ0) is 31.7. The summed E-state index contributed by atoms with van der Waals surface area (Å²) >= 11 is 8.69. The second-order valence-electron chi connectivity index (χ2n) is 10.6. The number of carbonyl (C=O) groups is 2. The van der Waals surface area contributed by atoms with Gasteiger partial charge in [0, 0.05) is 17.0 Å². The first kappa shape index (κ1) is 30.8. The maximum Gasteiger partial charge on any atom is 0.301 e. The number of Topliss-reactive ketones (excluding diaryl/α,β-unsaturated/α-hetero) is 1. The smallest absolute Gasteiger partial charge is 0.301 e. The minimum absolute atomic E-state index is 0.0690. The van der Waals surface area contributed by atoms with Gasteiger partial charge in [-0.05, 0) is 67.3 Å². The third kappa shape index (κ3) is 6.07. The molecule has 4 heterocycles. The van der Waals surface area contributed by atoms with Crippen LogP contribution in [-0.4, -0.2) is 43.0 Å². The van der Waals surface area contributed by atoms with Gasteiger partial charge in [-0.15, -0.1) is 10.2 Å². The lowest BCUT2D eigenvalue weighted by molar-refractivity contribution is -0.132. The first-order valence-electron chi connectivity index (χ1n) is 14.5. The summed E-state index contributed by atoms with van der Waals surface area (Å²) in [5.74, 6) is -0.754. The van der Waals surface area contributed by atoms with E-state index in [4.69, 9.17) is 16.3 Å². The van der Waals surface area contributed by atoms with Crippen LogP contribution in [0, 0.1) is 13.8 Å². The number of amides is 1. The highest BCUT2D eigenvalue weighted by atomic mass is 35.5. The first-order valence-corrected chi connectivity index (χ1v) is 16.6. The fourth-order valence-electron chi connectivity index (χ4n) is 5.21. The second kappa shape index (κ2) is 13.0. The van der Waals surface area contributed by atoms with E-state index < -0.39 is 17.7 Å². The van der Waals surface area contributed by atoms with Gasteiger partial charge in [-0.1, -0.05) is 78.4 Å². The van der Waals surface area contributed by atoms with Crippen molar-refractivity contribution >= 4 is 62.9 Å². The van der Waals surface area contributed by atoms with Gasteiger partial charge in [0.15, 0.2) is 10.1 Å². The van der Waals surface area contributed by atoms with Gasteiger partial charge in [0.05, 0.1) is 23.9 Å². The van der Waals surface area contributed by atoms with Gasteiger partial charge in [-0.3, -0.25) is 14.5 Å². The highest BCUT2D eigenvalue weighted by molar-refractivity contribution is 8.00. The van der Waals surface area contributed by atoms with Crippen molar-refractivity contribution in [2.45, 2.75) is 49.7 Å². The summed E-state index contributed by atoms with van der Waals surface area (Å²) < 4.78 is 8.44. The van der Waals surface area contributed by atoms with Crippen LogP contribution in [0.5, 0.6) is 5.75 Å². The summed E-state index contributed by atoms with van der Waals surface area (Å²) in [6.07, 6.45) is 3.71. The van der Waals surface area contributed by atoms with Crippen molar-refractivity contribution in [2.75, 3.05) is 11.5 Å². The van der Waals surface area contributed by atoms with Crippen LogP contribution in [0.25, 0.3) is 11.4 Å². The van der Waals surface area contributed by atoms with Crippen molar-refractivity contribution < 1.29 is 19.4 Å². The minimum Gasteiger partial charge on any atom is -0.505 e. The number of halogens is 1. The number of ether oxygens (including phenoxy) is 1. The molecule has 2 aromatic carbocycles. The van der Waals surface area contributed by atoms with E-state index in [1.54, 1.807) is 12.1 Å². The molecule has 5 aromatic rings. The van der Waals surface area contributed by atoms with Gasteiger partial charge in [0.2, 0.25) is 5.13 Å². The molecule has 230 valence electrons. The molecule has 0 saturated carbocycles. The molecule has 9 nitrogen and oxygen atoms in total. The maximum absolute atomic E-state index is 13.8. The van der Waals surface area contributed by atoms with E-state index in [0.717, 1.165) is 24.0 Å². The lowest BCUT2D eigenvalue weighted by atomic mass is 9.96. The lowest BCUT2D eigenvalue weighted by Gasteiger charge is -2.23. The number of nitrogens with zero attached hydrogens (tertiary/aromatic N) is 5. The van der Waals surface area contributed by atoms with Gasteiger partial charge in [-0.2, -0.15) is 0 Å². The number of rotatable bonds is 10. The molecular formula is C33H30ClN5O4S2. The number of imidazole rings is 1. The topological polar surface area (TPSA) is 110 Å². The Morgan fingerprint density at radius 1 is 1.09 bits per heavy atom. The van der Waals surface area contributed by atoms with Crippen molar-refractivity contribution in [3.05, 3.63) is 106 Å². The summed E-state index contributed by atoms with van der Waals surface area (Å²) in [6, 6.07) is 17.6. The largest absolute Gasteiger partial charge is 0.505 e. The van der Waals surface area contributed by atoms with E-state index in [9.17, 15) is 14.7 Å². The van der Waals surface area contributed by atoms with E-state index in [2.05, 4.69) is 22.1 Å². The van der Waals surface area contributed by atoms with Crippen LogP contribution in [0.15, 0.2) is 76.8 Å². The number of aliphatic hydroxyl groups is 1. The van der Waals surface area contributed by atoms with Gasteiger partial charge >= 0.3 is 5.91 Å². The normalized spacial score (nSPS) is 16.2. The van der Waals surface area contributed by atoms with E-state index in [0.29, 0.717) is 44.4 Å². The van der Waals surface area contributed by atoms with Gasteiger partial charge in [0.25, 0.3) is 5.78 Å². The van der Waals surface area contributed by atoms with Crippen molar-refractivity contribution in [2.24, 2.45) is 0 Å². The van der Waals surface area contributed by atoms with Gasteiger partial charge < -0.3 is 14.2 Å². The lowest BCUT2D eigenvalue weighted by Crippen LogP contribution is -2.29. The average Bonchev–Trinajstić information content (AvgIpc) is 3.72. The Balaban J connectivity index is 1.43. The predicted molar refractivity (Wildman–Crippen MR) is 177 cm³/mol. The number of fused-ring (bicyclic) bond motifs is 1. The predicted octanol–water partition coefficient (Wildman–Crippen LogP) is 7.55. The van der Waals surface area contributed by atoms with Crippen LogP contribution in [0.4, 0.5) is 5.13 Å². The summed E-state index contributed by atoms with van der Waals surface area (Å²) in [4.78, 5) is 33.5. The van der Waals surface area contributed by atoms with Crippen molar-refractivity contribution in [3.8, 4) is 5.75 Å². The van der Waals surface area contributed by atoms with Crippen molar-refractivity contribution in [3.63, 3.8) is 0 Å². The molecular weight excluding hydrogens is 630 g/mol. The molecule has 1 atom stereocenters. The van der Waals surface area contributed by atoms with Gasteiger partial charge in [-0.25, -0.2) is 4.98 Å². The molecule has 45 heavy (non-hydrogen) atoms. The van der Waals surface area contributed by atoms with Crippen LogP contribution in [0.2, 0.25) is 5.02 Å². The third-order valence-electron chi connectivity index (χ3n) is 7.57. The Morgan fingerprint density at radius 3 is 2.64 bits per heavy atom. The molecule has 1 saturated heterocycles. The summed E-state index contributed by atoms with van der Waals surface area (Å²) in [5, 5.41) is 21.3. The molecule has 1 fully saturated rings. The molecule has 3 aromatic heterocycles. The monoisotopic (exact) mass is 659 g/mol. The van der Waals surface area contributed by atoms with Crippen LogP contribution in [0.3, 0.4) is 0 Å². The Bertz CT molecular complexity index is 1940. The SMILES string of the molecule is CCCCOc1cccc(C2C(=C(O)c3nc4c(C)cccn4c3C)C(=O)C(=O)N2c2nnc(SCc3ccc(Cl)cc3)s2)c1. The maximum atomic E-state index is 13.8. The average molecular weight is 660 g/mol. The van der Waals surface area contributed by atoms with E-state index in [1.165, 1.54) is 28.0 Å². The molecule has 1 aliphatic rings.